The third-order valence-corrected chi connectivity index (χ3v) is 3.28. The molecule has 0 saturated carbocycles. The highest BCUT2D eigenvalue weighted by Gasteiger charge is 2.16. The van der Waals surface area contributed by atoms with Crippen molar-refractivity contribution in [2.75, 3.05) is 6.73 Å². The molecule has 0 aliphatic carbocycles. The first kappa shape index (κ1) is 11.3. The third kappa shape index (κ3) is 2.24. The van der Waals surface area contributed by atoms with Crippen molar-refractivity contribution in [1.29, 1.82) is 0 Å². The fourth-order valence-electron chi connectivity index (χ4n) is 2.28. The lowest BCUT2D eigenvalue weighted by atomic mass is 10.1. The van der Waals surface area contributed by atoms with Crippen LogP contribution in [0.15, 0.2) is 48.5 Å². The van der Waals surface area contributed by atoms with Crippen LogP contribution in [0, 0.1) is 6.92 Å². The Bertz CT molecular complexity index is 550. The van der Waals surface area contributed by atoms with E-state index in [0.29, 0.717) is 6.73 Å². The molecule has 0 spiro atoms. The lowest BCUT2D eigenvalue weighted by molar-refractivity contribution is 0.0886. The second-order valence-electron chi connectivity index (χ2n) is 4.64. The van der Waals surface area contributed by atoms with Crippen molar-refractivity contribution in [3.8, 4) is 5.75 Å². The fraction of sp³-hybridized carbons (Fsp3) is 0.188. The van der Waals surface area contributed by atoms with Crippen molar-refractivity contribution in [2.24, 2.45) is 0 Å². The summed E-state index contributed by atoms with van der Waals surface area (Å²) in [5.74, 6) is 1.01. The number of para-hydroxylation sites is 1. The van der Waals surface area contributed by atoms with Crippen molar-refractivity contribution in [1.82, 2.24) is 4.90 Å². The maximum Gasteiger partial charge on any atom is 0.142 e. The molecule has 2 heteroatoms. The summed E-state index contributed by atoms with van der Waals surface area (Å²) >= 11 is 0. The van der Waals surface area contributed by atoms with Gasteiger partial charge in [-0.2, -0.15) is 0 Å². The van der Waals surface area contributed by atoms with Gasteiger partial charge in [0.2, 0.25) is 0 Å². The molecule has 2 aromatic rings. The van der Waals surface area contributed by atoms with E-state index in [1.165, 1.54) is 11.1 Å². The van der Waals surface area contributed by atoms with Gasteiger partial charge in [-0.3, -0.25) is 4.90 Å². The highest BCUT2D eigenvalue weighted by Crippen LogP contribution is 2.25. The molecule has 0 atom stereocenters. The van der Waals surface area contributed by atoms with Gasteiger partial charge in [0.05, 0.1) is 0 Å². The Morgan fingerprint density at radius 1 is 1.06 bits per heavy atom. The molecule has 0 aromatic heterocycles. The molecule has 1 heterocycles. The highest BCUT2D eigenvalue weighted by atomic mass is 16.5. The molecule has 2 nitrogen and oxygen atoms in total. The molecule has 0 saturated heterocycles. The van der Waals surface area contributed by atoms with E-state index >= 15 is 0 Å². The van der Waals surface area contributed by atoms with Crippen LogP contribution in [0.1, 0.15) is 16.7 Å². The topological polar surface area (TPSA) is 12.5 Å². The van der Waals surface area contributed by atoms with Crippen LogP contribution in [0.25, 0.3) is 0 Å². The second kappa shape index (κ2) is 4.83. The maximum absolute atomic E-state index is 5.75. The smallest absolute Gasteiger partial charge is 0.142 e. The summed E-state index contributed by atoms with van der Waals surface area (Å²) in [6.07, 6.45) is 0. The van der Waals surface area contributed by atoms with Gasteiger partial charge in [-0.15, -0.1) is 0 Å². The summed E-state index contributed by atoms with van der Waals surface area (Å²) in [5, 5.41) is 0. The van der Waals surface area contributed by atoms with E-state index in [1.807, 2.05) is 24.3 Å². The Hall–Kier alpha value is -1.80. The SMILES string of the molecule is [CH2]c1ccccc1CN1COc2ccccc2C1. The predicted octanol–water partition coefficient (Wildman–Crippen LogP) is 3.22. The lowest BCUT2D eigenvalue weighted by Crippen LogP contribution is -2.31. The number of hydrogen-bond donors (Lipinski definition) is 0. The van der Waals surface area contributed by atoms with Crippen LogP contribution in [-0.2, 0) is 13.1 Å². The van der Waals surface area contributed by atoms with Gasteiger partial charge in [0, 0.05) is 18.7 Å². The minimum Gasteiger partial charge on any atom is -0.478 e. The van der Waals surface area contributed by atoms with E-state index in [2.05, 4.69) is 36.1 Å². The van der Waals surface area contributed by atoms with Gasteiger partial charge < -0.3 is 4.74 Å². The minimum absolute atomic E-state index is 0.644. The molecule has 0 amide bonds. The molecule has 0 bridgehead atoms. The first-order valence-electron chi connectivity index (χ1n) is 6.16. The average molecular weight is 238 g/mol. The Morgan fingerprint density at radius 3 is 2.72 bits per heavy atom. The molecule has 91 valence electrons. The van der Waals surface area contributed by atoms with Gasteiger partial charge >= 0.3 is 0 Å². The van der Waals surface area contributed by atoms with Crippen molar-refractivity contribution in [3.63, 3.8) is 0 Å². The molecule has 3 rings (SSSR count). The Kier molecular flexibility index (Phi) is 3.03. The number of ether oxygens (including phenoxy) is 1. The standard InChI is InChI=1S/C16H16NO/c1-13-6-2-3-7-14(13)10-17-11-15-8-4-5-9-16(15)18-12-17/h2-9H,1,10-12H2. The summed E-state index contributed by atoms with van der Waals surface area (Å²) in [6, 6.07) is 16.5. The predicted molar refractivity (Wildman–Crippen MR) is 72.1 cm³/mol. The zero-order valence-corrected chi connectivity index (χ0v) is 10.3. The number of nitrogens with zero attached hydrogens (tertiary/aromatic N) is 1. The highest BCUT2D eigenvalue weighted by molar-refractivity contribution is 5.35. The van der Waals surface area contributed by atoms with E-state index < -0.39 is 0 Å². The van der Waals surface area contributed by atoms with Gasteiger partial charge in [-0.05, 0) is 24.1 Å². The summed E-state index contributed by atoms with van der Waals surface area (Å²) in [4.78, 5) is 2.28. The largest absolute Gasteiger partial charge is 0.478 e. The van der Waals surface area contributed by atoms with E-state index in [9.17, 15) is 0 Å². The number of fused-ring (bicyclic) bond motifs is 1. The molecule has 0 N–H and O–H groups in total. The third-order valence-electron chi connectivity index (χ3n) is 3.28. The molecule has 1 aliphatic rings. The van der Waals surface area contributed by atoms with Gasteiger partial charge in [0.15, 0.2) is 0 Å². The molecule has 1 aliphatic heterocycles. The first-order chi connectivity index (χ1) is 8.83. The first-order valence-corrected chi connectivity index (χ1v) is 6.16. The van der Waals surface area contributed by atoms with Crippen LogP contribution in [0.3, 0.4) is 0 Å². The van der Waals surface area contributed by atoms with Gasteiger partial charge in [0.25, 0.3) is 0 Å². The molecule has 1 radical (unpaired) electrons. The van der Waals surface area contributed by atoms with E-state index in [0.717, 1.165) is 24.4 Å². The molecule has 0 unspecified atom stereocenters. The zero-order chi connectivity index (χ0) is 12.4. The van der Waals surface area contributed by atoms with Crippen molar-refractivity contribution in [2.45, 2.75) is 13.1 Å². The van der Waals surface area contributed by atoms with E-state index in [-0.39, 0.29) is 0 Å². The normalized spacial score (nSPS) is 14.9. The number of benzene rings is 2. The van der Waals surface area contributed by atoms with E-state index in [4.69, 9.17) is 4.74 Å². The quantitative estimate of drug-likeness (QED) is 0.796. The Balaban J connectivity index is 1.75. The maximum atomic E-state index is 5.75. The lowest BCUT2D eigenvalue weighted by Gasteiger charge is -2.29. The van der Waals surface area contributed by atoms with Crippen molar-refractivity contribution in [3.05, 3.63) is 72.1 Å². The summed E-state index contributed by atoms with van der Waals surface area (Å²) < 4.78 is 5.75. The molecule has 0 fully saturated rings. The average Bonchev–Trinajstić information content (AvgIpc) is 2.41. The molecule has 2 aromatic carbocycles. The summed E-state index contributed by atoms with van der Waals surface area (Å²) in [7, 11) is 0. The fourth-order valence-corrected chi connectivity index (χ4v) is 2.28. The number of rotatable bonds is 2. The van der Waals surface area contributed by atoms with Crippen LogP contribution in [0.2, 0.25) is 0 Å². The number of hydrogen-bond acceptors (Lipinski definition) is 2. The van der Waals surface area contributed by atoms with Crippen LogP contribution in [0.4, 0.5) is 0 Å². The zero-order valence-electron chi connectivity index (χ0n) is 10.3. The van der Waals surface area contributed by atoms with Crippen LogP contribution in [0.5, 0.6) is 5.75 Å². The van der Waals surface area contributed by atoms with Crippen molar-refractivity contribution >= 4 is 0 Å². The second-order valence-corrected chi connectivity index (χ2v) is 4.64. The van der Waals surface area contributed by atoms with Gasteiger partial charge in [-0.1, -0.05) is 42.5 Å². The minimum atomic E-state index is 0.644. The monoisotopic (exact) mass is 238 g/mol. The Morgan fingerprint density at radius 2 is 1.83 bits per heavy atom. The van der Waals surface area contributed by atoms with Crippen LogP contribution >= 0.6 is 0 Å². The van der Waals surface area contributed by atoms with Gasteiger partial charge in [0.1, 0.15) is 12.5 Å². The molecular weight excluding hydrogens is 222 g/mol. The summed E-state index contributed by atoms with van der Waals surface area (Å²) in [6.45, 7) is 6.52. The Labute approximate surface area is 108 Å². The molecular formula is C16H16NO. The van der Waals surface area contributed by atoms with Gasteiger partial charge in [-0.25, -0.2) is 0 Å². The van der Waals surface area contributed by atoms with E-state index in [1.54, 1.807) is 0 Å². The molecule has 18 heavy (non-hydrogen) atoms. The van der Waals surface area contributed by atoms with Crippen LogP contribution in [-0.4, -0.2) is 11.6 Å². The summed E-state index contributed by atoms with van der Waals surface area (Å²) in [5.41, 5.74) is 3.61. The van der Waals surface area contributed by atoms with Crippen LogP contribution < -0.4 is 4.74 Å². The van der Waals surface area contributed by atoms with Crippen molar-refractivity contribution < 1.29 is 4.74 Å².